The molecule has 0 atom stereocenters. The van der Waals surface area contributed by atoms with Gasteiger partial charge in [-0.05, 0) is 51.5 Å². The molecule has 0 unspecified atom stereocenters. The summed E-state index contributed by atoms with van der Waals surface area (Å²) in [7, 11) is 0. The molecule has 2 aromatic heterocycles. The minimum Gasteiger partial charge on any atom is -0.349 e. The topological polar surface area (TPSA) is 59.3 Å². The average Bonchev–Trinajstić information content (AvgIpc) is 2.85. The molecule has 1 amide bonds. The summed E-state index contributed by atoms with van der Waals surface area (Å²) >= 11 is 0. The average molecular weight is 286 g/mol. The van der Waals surface area contributed by atoms with E-state index < -0.39 is 0 Å². The molecule has 1 aliphatic rings. The molecule has 5 nitrogen and oxygen atoms in total. The maximum Gasteiger partial charge on any atom is 0.256 e. The summed E-state index contributed by atoms with van der Waals surface area (Å²) in [5.74, 6) is 0.726. The van der Waals surface area contributed by atoms with Gasteiger partial charge in [-0.3, -0.25) is 4.79 Å². The molecule has 3 rings (SSSR count). The van der Waals surface area contributed by atoms with Crippen LogP contribution in [0.2, 0.25) is 0 Å². The fraction of sp³-hybridized carbons (Fsp3) is 0.562. The van der Waals surface area contributed by atoms with Crippen molar-refractivity contribution in [2.45, 2.75) is 52.5 Å². The Morgan fingerprint density at radius 1 is 1.29 bits per heavy atom. The van der Waals surface area contributed by atoms with Crippen molar-refractivity contribution in [2.24, 2.45) is 5.92 Å². The number of hydrogen-bond donors (Lipinski definition) is 1. The summed E-state index contributed by atoms with van der Waals surface area (Å²) in [5.41, 5.74) is 3.11. The second kappa shape index (κ2) is 5.47. The standard InChI is InChI=1S/C16H22N4O/c1-10-4-6-13(7-5-10)19-16(21)14-9-17-20-12(3)8-11(2)18-15(14)20/h8-10,13H,4-7H2,1-3H3,(H,19,21)/t10-,13+. The van der Waals surface area contributed by atoms with E-state index in [1.54, 1.807) is 10.7 Å². The summed E-state index contributed by atoms with van der Waals surface area (Å²) in [6.45, 7) is 6.18. The maximum absolute atomic E-state index is 12.5. The molecule has 0 spiro atoms. The molecule has 1 fully saturated rings. The third-order valence-corrected chi connectivity index (χ3v) is 4.37. The van der Waals surface area contributed by atoms with Crippen molar-refractivity contribution in [1.82, 2.24) is 19.9 Å². The molecule has 0 aromatic carbocycles. The number of fused-ring (bicyclic) bond motifs is 1. The molecule has 0 aliphatic heterocycles. The molecule has 5 heteroatoms. The van der Waals surface area contributed by atoms with Crippen LogP contribution in [0.5, 0.6) is 0 Å². The number of carbonyl (C=O) groups excluding carboxylic acids is 1. The van der Waals surface area contributed by atoms with Crippen LogP contribution in [0.15, 0.2) is 12.3 Å². The summed E-state index contributed by atoms with van der Waals surface area (Å²) in [4.78, 5) is 16.9. The van der Waals surface area contributed by atoms with Crippen molar-refractivity contribution in [3.05, 3.63) is 29.2 Å². The van der Waals surface area contributed by atoms with Crippen molar-refractivity contribution >= 4 is 11.6 Å². The molecular formula is C16H22N4O. The Morgan fingerprint density at radius 3 is 2.71 bits per heavy atom. The van der Waals surface area contributed by atoms with Crippen LogP contribution in [-0.2, 0) is 0 Å². The predicted molar refractivity (Wildman–Crippen MR) is 81.3 cm³/mol. The Labute approximate surface area is 124 Å². The highest BCUT2D eigenvalue weighted by Crippen LogP contribution is 2.24. The number of hydrogen-bond acceptors (Lipinski definition) is 3. The molecule has 0 saturated heterocycles. The summed E-state index contributed by atoms with van der Waals surface area (Å²) in [6.07, 6.45) is 6.14. The Morgan fingerprint density at radius 2 is 2.00 bits per heavy atom. The first-order chi connectivity index (χ1) is 10.0. The molecular weight excluding hydrogens is 264 g/mol. The molecule has 2 aromatic rings. The van der Waals surface area contributed by atoms with Crippen LogP contribution in [-0.4, -0.2) is 26.5 Å². The van der Waals surface area contributed by atoms with Crippen LogP contribution in [0.3, 0.4) is 0 Å². The lowest BCUT2D eigenvalue weighted by Crippen LogP contribution is -2.37. The van der Waals surface area contributed by atoms with Gasteiger partial charge in [0.15, 0.2) is 5.65 Å². The predicted octanol–water partition coefficient (Wildman–Crippen LogP) is 2.65. The number of aryl methyl sites for hydroxylation is 2. The van der Waals surface area contributed by atoms with Gasteiger partial charge in [-0.25, -0.2) is 9.50 Å². The third-order valence-electron chi connectivity index (χ3n) is 4.37. The number of rotatable bonds is 2. The van der Waals surface area contributed by atoms with E-state index in [4.69, 9.17) is 0 Å². The summed E-state index contributed by atoms with van der Waals surface area (Å²) in [5, 5.41) is 7.42. The maximum atomic E-state index is 12.5. The van der Waals surface area contributed by atoms with Gasteiger partial charge in [-0.15, -0.1) is 0 Å². The van der Waals surface area contributed by atoms with Crippen LogP contribution in [0.1, 0.15) is 54.4 Å². The van der Waals surface area contributed by atoms with Gasteiger partial charge in [0, 0.05) is 17.4 Å². The lowest BCUT2D eigenvalue weighted by atomic mass is 9.87. The van der Waals surface area contributed by atoms with Crippen LogP contribution in [0.4, 0.5) is 0 Å². The SMILES string of the molecule is Cc1cc(C)n2ncc(C(=O)N[C@H]3CC[C@@H](C)CC3)c2n1. The minimum absolute atomic E-state index is 0.0537. The number of aromatic nitrogens is 3. The van der Waals surface area contributed by atoms with E-state index in [0.717, 1.165) is 30.1 Å². The lowest BCUT2D eigenvalue weighted by Gasteiger charge is -2.26. The van der Waals surface area contributed by atoms with Crippen molar-refractivity contribution < 1.29 is 4.79 Å². The molecule has 1 aliphatic carbocycles. The van der Waals surface area contributed by atoms with Crippen molar-refractivity contribution in [3.63, 3.8) is 0 Å². The zero-order valence-corrected chi connectivity index (χ0v) is 12.9. The van der Waals surface area contributed by atoms with Gasteiger partial charge < -0.3 is 5.32 Å². The first kappa shape index (κ1) is 14.0. The Bertz CT molecular complexity index is 668. The zero-order valence-electron chi connectivity index (χ0n) is 12.9. The van der Waals surface area contributed by atoms with Gasteiger partial charge in [0.05, 0.1) is 6.20 Å². The van der Waals surface area contributed by atoms with Crippen LogP contribution in [0.25, 0.3) is 5.65 Å². The molecule has 0 bridgehead atoms. The Kier molecular flexibility index (Phi) is 3.66. The smallest absolute Gasteiger partial charge is 0.256 e. The van der Waals surface area contributed by atoms with Gasteiger partial charge in [-0.1, -0.05) is 6.92 Å². The largest absolute Gasteiger partial charge is 0.349 e. The van der Waals surface area contributed by atoms with E-state index in [2.05, 4.69) is 22.3 Å². The lowest BCUT2D eigenvalue weighted by molar-refractivity contribution is 0.0924. The van der Waals surface area contributed by atoms with E-state index in [9.17, 15) is 4.79 Å². The molecule has 0 radical (unpaired) electrons. The van der Waals surface area contributed by atoms with Crippen LogP contribution in [0, 0.1) is 19.8 Å². The van der Waals surface area contributed by atoms with E-state index >= 15 is 0 Å². The summed E-state index contributed by atoms with van der Waals surface area (Å²) in [6, 6.07) is 2.25. The molecule has 112 valence electrons. The van der Waals surface area contributed by atoms with Gasteiger partial charge in [0.2, 0.25) is 0 Å². The highest BCUT2D eigenvalue weighted by atomic mass is 16.1. The first-order valence-electron chi connectivity index (χ1n) is 7.67. The number of amides is 1. The quantitative estimate of drug-likeness (QED) is 0.923. The van der Waals surface area contributed by atoms with E-state index in [0.29, 0.717) is 11.2 Å². The highest BCUT2D eigenvalue weighted by molar-refractivity contribution is 5.99. The van der Waals surface area contributed by atoms with E-state index in [1.807, 2.05) is 19.9 Å². The zero-order chi connectivity index (χ0) is 15.0. The second-order valence-electron chi connectivity index (χ2n) is 6.26. The van der Waals surface area contributed by atoms with Crippen molar-refractivity contribution in [3.8, 4) is 0 Å². The van der Waals surface area contributed by atoms with Crippen LogP contribution >= 0.6 is 0 Å². The first-order valence-corrected chi connectivity index (χ1v) is 7.67. The molecule has 1 N–H and O–H groups in total. The fourth-order valence-corrected chi connectivity index (χ4v) is 3.10. The number of carbonyl (C=O) groups is 1. The number of nitrogens with zero attached hydrogens (tertiary/aromatic N) is 3. The third kappa shape index (κ3) is 2.77. The monoisotopic (exact) mass is 286 g/mol. The Hall–Kier alpha value is -1.91. The molecule has 1 saturated carbocycles. The van der Waals surface area contributed by atoms with Gasteiger partial charge in [0.25, 0.3) is 5.91 Å². The molecule has 21 heavy (non-hydrogen) atoms. The van der Waals surface area contributed by atoms with E-state index in [1.165, 1.54) is 12.8 Å². The second-order valence-corrected chi connectivity index (χ2v) is 6.26. The van der Waals surface area contributed by atoms with E-state index in [-0.39, 0.29) is 11.9 Å². The normalized spacial score (nSPS) is 22.4. The van der Waals surface area contributed by atoms with Crippen LogP contribution < -0.4 is 5.32 Å². The molecule has 2 heterocycles. The Balaban J connectivity index is 1.82. The van der Waals surface area contributed by atoms with Gasteiger partial charge in [0.1, 0.15) is 5.56 Å². The minimum atomic E-state index is -0.0537. The number of nitrogens with one attached hydrogen (secondary N) is 1. The van der Waals surface area contributed by atoms with Gasteiger partial charge in [-0.2, -0.15) is 5.10 Å². The van der Waals surface area contributed by atoms with Crippen molar-refractivity contribution in [2.75, 3.05) is 0 Å². The van der Waals surface area contributed by atoms with Gasteiger partial charge >= 0.3 is 0 Å². The summed E-state index contributed by atoms with van der Waals surface area (Å²) < 4.78 is 1.73. The highest BCUT2D eigenvalue weighted by Gasteiger charge is 2.22. The fourth-order valence-electron chi connectivity index (χ4n) is 3.10. The van der Waals surface area contributed by atoms with Crippen molar-refractivity contribution in [1.29, 1.82) is 0 Å².